The van der Waals surface area contributed by atoms with Crippen LogP contribution in [-0.4, -0.2) is 50.0 Å². The molecule has 0 aliphatic rings. The van der Waals surface area contributed by atoms with Crippen LogP contribution in [0.3, 0.4) is 0 Å². The van der Waals surface area contributed by atoms with Crippen LogP contribution in [0.1, 0.15) is 5.89 Å². The van der Waals surface area contributed by atoms with Gasteiger partial charge in [0.05, 0.1) is 28.8 Å². The molecule has 23 heavy (non-hydrogen) atoms. The van der Waals surface area contributed by atoms with E-state index in [4.69, 9.17) is 14.7 Å². The highest BCUT2D eigenvalue weighted by Crippen LogP contribution is 2.32. The van der Waals surface area contributed by atoms with Gasteiger partial charge in [0.1, 0.15) is 0 Å². The number of aliphatic hydroxyl groups excluding tert-OH is 2. The average Bonchev–Trinajstić information content (AvgIpc) is 3.02. The van der Waals surface area contributed by atoms with E-state index in [1.54, 1.807) is 12.1 Å². The van der Waals surface area contributed by atoms with Gasteiger partial charge in [-0.1, -0.05) is 5.16 Å². The van der Waals surface area contributed by atoms with Gasteiger partial charge in [0, 0.05) is 23.1 Å². The second-order valence-electron chi connectivity index (χ2n) is 4.30. The summed E-state index contributed by atoms with van der Waals surface area (Å²) < 4.78 is 5.09. The molecule has 0 atom stereocenters. The standard InChI is InChI=1S/C13H15N3O5S2/c17-3-5-22-8-12-14-13(15-21-12)9-1-2-11(23-6-4-18)10(7-9)16(19)20/h1-2,7,17-18H,3-6,8H2. The van der Waals surface area contributed by atoms with E-state index in [9.17, 15) is 10.1 Å². The fourth-order valence-electron chi connectivity index (χ4n) is 1.73. The summed E-state index contributed by atoms with van der Waals surface area (Å²) in [5, 5.41) is 32.6. The van der Waals surface area contributed by atoms with E-state index in [1.807, 2.05) is 0 Å². The van der Waals surface area contributed by atoms with Crippen LogP contribution >= 0.6 is 23.5 Å². The molecule has 0 saturated heterocycles. The van der Waals surface area contributed by atoms with Crippen molar-refractivity contribution in [3.63, 3.8) is 0 Å². The first-order valence-corrected chi connectivity index (χ1v) is 8.83. The fraction of sp³-hybridized carbons (Fsp3) is 0.385. The van der Waals surface area contributed by atoms with Crippen molar-refractivity contribution in [3.05, 3.63) is 34.2 Å². The molecule has 8 nitrogen and oxygen atoms in total. The molecule has 2 N–H and O–H groups in total. The van der Waals surface area contributed by atoms with Crippen molar-refractivity contribution in [2.24, 2.45) is 0 Å². The zero-order valence-electron chi connectivity index (χ0n) is 12.0. The fourth-order valence-corrected chi connectivity index (χ4v) is 3.05. The summed E-state index contributed by atoms with van der Waals surface area (Å²) in [6.07, 6.45) is 0. The predicted molar refractivity (Wildman–Crippen MR) is 87.4 cm³/mol. The van der Waals surface area contributed by atoms with Crippen LogP contribution in [0.15, 0.2) is 27.6 Å². The Morgan fingerprint density at radius 3 is 2.74 bits per heavy atom. The molecule has 1 aromatic heterocycles. The number of aliphatic hydroxyl groups is 2. The number of hydrogen-bond donors (Lipinski definition) is 2. The Kier molecular flexibility index (Phi) is 6.84. The highest BCUT2D eigenvalue weighted by molar-refractivity contribution is 7.99. The lowest BCUT2D eigenvalue weighted by Gasteiger charge is -2.03. The van der Waals surface area contributed by atoms with E-state index in [0.29, 0.717) is 33.6 Å². The Bertz CT molecular complexity index is 665. The minimum atomic E-state index is -0.471. The van der Waals surface area contributed by atoms with Gasteiger partial charge in [0.15, 0.2) is 0 Å². The molecular weight excluding hydrogens is 342 g/mol. The molecule has 0 unspecified atom stereocenters. The van der Waals surface area contributed by atoms with E-state index in [2.05, 4.69) is 10.1 Å². The topological polar surface area (TPSA) is 123 Å². The number of hydrogen-bond acceptors (Lipinski definition) is 9. The monoisotopic (exact) mass is 357 g/mol. The molecule has 2 aromatic rings. The van der Waals surface area contributed by atoms with Gasteiger partial charge < -0.3 is 14.7 Å². The number of aromatic nitrogens is 2. The first-order valence-electron chi connectivity index (χ1n) is 6.69. The summed E-state index contributed by atoms with van der Waals surface area (Å²) in [4.78, 5) is 15.4. The highest BCUT2D eigenvalue weighted by Gasteiger charge is 2.18. The molecule has 124 valence electrons. The molecule has 2 rings (SSSR count). The summed E-state index contributed by atoms with van der Waals surface area (Å²) in [6.45, 7) is 0.0219. The highest BCUT2D eigenvalue weighted by atomic mass is 32.2. The maximum absolute atomic E-state index is 11.2. The third kappa shape index (κ3) is 4.93. The van der Waals surface area contributed by atoms with E-state index < -0.39 is 4.92 Å². The lowest BCUT2D eigenvalue weighted by molar-refractivity contribution is -0.387. The molecule has 1 aromatic carbocycles. The summed E-state index contributed by atoms with van der Waals surface area (Å²) in [6, 6.07) is 4.70. The van der Waals surface area contributed by atoms with Crippen molar-refractivity contribution >= 4 is 29.2 Å². The summed E-state index contributed by atoms with van der Waals surface area (Å²) in [5.74, 6) is 2.11. The van der Waals surface area contributed by atoms with Gasteiger partial charge in [-0.15, -0.1) is 23.5 Å². The van der Waals surface area contributed by atoms with E-state index in [1.165, 1.54) is 29.6 Å². The third-order valence-electron chi connectivity index (χ3n) is 2.69. The van der Waals surface area contributed by atoms with Crippen LogP contribution in [0.25, 0.3) is 11.4 Å². The van der Waals surface area contributed by atoms with Gasteiger partial charge >= 0.3 is 0 Å². The van der Waals surface area contributed by atoms with E-state index in [-0.39, 0.29) is 24.7 Å². The minimum Gasteiger partial charge on any atom is -0.396 e. The lowest BCUT2D eigenvalue weighted by atomic mass is 10.2. The number of nitrogens with zero attached hydrogens (tertiary/aromatic N) is 3. The first kappa shape index (κ1) is 17.7. The molecule has 0 aliphatic heterocycles. The molecular formula is C13H15N3O5S2. The molecule has 0 aliphatic carbocycles. The molecule has 0 amide bonds. The Morgan fingerprint density at radius 1 is 1.26 bits per heavy atom. The van der Waals surface area contributed by atoms with Gasteiger partial charge in [0.25, 0.3) is 5.69 Å². The summed E-state index contributed by atoms with van der Waals surface area (Å²) in [5.41, 5.74) is 0.439. The van der Waals surface area contributed by atoms with Crippen LogP contribution in [0.2, 0.25) is 0 Å². The van der Waals surface area contributed by atoms with Crippen molar-refractivity contribution in [2.45, 2.75) is 10.6 Å². The molecule has 0 bridgehead atoms. The molecule has 0 spiro atoms. The van der Waals surface area contributed by atoms with Gasteiger partial charge in [0.2, 0.25) is 11.7 Å². The minimum absolute atomic E-state index is 0.0523. The van der Waals surface area contributed by atoms with Gasteiger partial charge in [-0.25, -0.2) is 0 Å². The van der Waals surface area contributed by atoms with Gasteiger partial charge in [-0.2, -0.15) is 4.98 Å². The van der Waals surface area contributed by atoms with Crippen LogP contribution in [-0.2, 0) is 5.75 Å². The number of thioether (sulfide) groups is 2. The van der Waals surface area contributed by atoms with Crippen molar-refractivity contribution in [1.29, 1.82) is 0 Å². The summed E-state index contributed by atoms with van der Waals surface area (Å²) in [7, 11) is 0. The number of nitro groups is 1. The number of benzene rings is 1. The zero-order valence-corrected chi connectivity index (χ0v) is 13.7. The lowest BCUT2D eigenvalue weighted by Crippen LogP contribution is -1.94. The largest absolute Gasteiger partial charge is 0.396 e. The van der Waals surface area contributed by atoms with Crippen molar-refractivity contribution in [3.8, 4) is 11.4 Å². The van der Waals surface area contributed by atoms with E-state index >= 15 is 0 Å². The summed E-state index contributed by atoms with van der Waals surface area (Å²) >= 11 is 2.67. The molecule has 0 saturated carbocycles. The van der Waals surface area contributed by atoms with Crippen molar-refractivity contribution in [2.75, 3.05) is 24.7 Å². The van der Waals surface area contributed by atoms with Crippen molar-refractivity contribution < 1.29 is 19.7 Å². The first-order chi connectivity index (χ1) is 11.2. The Morgan fingerprint density at radius 2 is 2.04 bits per heavy atom. The second kappa shape index (κ2) is 8.87. The van der Waals surface area contributed by atoms with Crippen LogP contribution in [0, 0.1) is 10.1 Å². The Balaban J connectivity index is 2.19. The second-order valence-corrected chi connectivity index (χ2v) is 6.54. The third-order valence-corrected chi connectivity index (χ3v) is 4.66. The molecule has 10 heteroatoms. The Labute approximate surface area is 140 Å². The van der Waals surface area contributed by atoms with Gasteiger partial charge in [-0.3, -0.25) is 10.1 Å². The average molecular weight is 357 g/mol. The number of rotatable bonds is 9. The molecule has 0 radical (unpaired) electrons. The van der Waals surface area contributed by atoms with Crippen LogP contribution in [0.4, 0.5) is 5.69 Å². The number of nitro benzene ring substituents is 1. The smallest absolute Gasteiger partial charge is 0.283 e. The van der Waals surface area contributed by atoms with Gasteiger partial charge in [-0.05, 0) is 12.1 Å². The zero-order chi connectivity index (χ0) is 16.7. The van der Waals surface area contributed by atoms with E-state index in [0.717, 1.165) is 0 Å². The quantitative estimate of drug-likeness (QED) is 0.300. The normalized spacial score (nSPS) is 10.9. The van der Waals surface area contributed by atoms with Crippen LogP contribution < -0.4 is 0 Å². The Hall–Kier alpha value is -1.62. The molecule has 0 fully saturated rings. The maximum Gasteiger partial charge on any atom is 0.283 e. The predicted octanol–water partition coefficient (Wildman–Crippen LogP) is 1.95. The van der Waals surface area contributed by atoms with Crippen LogP contribution in [0.5, 0.6) is 0 Å². The molecule has 1 heterocycles. The maximum atomic E-state index is 11.2. The SMILES string of the molecule is O=[N+]([O-])c1cc(-c2noc(CSCCO)n2)ccc1SCCO. The van der Waals surface area contributed by atoms with Crippen molar-refractivity contribution in [1.82, 2.24) is 10.1 Å².